The Morgan fingerprint density at radius 3 is 2.26 bits per heavy atom. The van der Waals surface area contributed by atoms with Crippen LogP contribution in [0, 0.1) is 0 Å². The lowest BCUT2D eigenvalue weighted by Crippen LogP contribution is -2.63. The number of thioether (sulfide) groups is 1. The van der Waals surface area contributed by atoms with Gasteiger partial charge in [0.25, 0.3) is 10.0 Å². The summed E-state index contributed by atoms with van der Waals surface area (Å²) in [5.41, 5.74) is 9.95. The summed E-state index contributed by atoms with van der Waals surface area (Å²) in [5.74, 6) is -0.645. The second kappa shape index (κ2) is 15.4. The van der Waals surface area contributed by atoms with Crippen molar-refractivity contribution < 1.29 is 22.8 Å². The standard InChI is InChI=1S/C33H48N6O5S2/c1-23(22-45-28-11-7-6-8-12-28)21-44-37-26-10-9-13-29(18-26)46(42,43)38-25-16-14-24(15-17-25)35-36-31(41)30(40)34-27-19-32(2,3)39-33(4,5)20-27/h9-10,13-18,21,27-28,35,37-39H,6-8,11-12,19-20,22H2,1-5H3,(H,34,40)(H,36,41)/b23-21+. The maximum atomic E-state index is 13.1. The van der Waals surface area contributed by atoms with Crippen LogP contribution in [0.2, 0.25) is 0 Å². The molecule has 2 aromatic carbocycles. The molecule has 2 aromatic rings. The lowest BCUT2D eigenvalue weighted by Gasteiger charge is -2.46. The van der Waals surface area contributed by atoms with Crippen molar-refractivity contribution in [1.82, 2.24) is 16.1 Å². The molecule has 4 rings (SSSR count). The van der Waals surface area contributed by atoms with Crippen LogP contribution in [0.3, 0.4) is 0 Å². The molecule has 1 aliphatic heterocycles. The fourth-order valence-corrected chi connectivity index (χ4v) is 8.47. The fourth-order valence-electron chi connectivity index (χ4n) is 6.14. The lowest BCUT2D eigenvalue weighted by molar-refractivity contribution is -0.139. The maximum absolute atomic E-state index is 13.1. The van der Waals surface area contributed by atoms with Crippen LogP contribution < -0.4 is 31.7 Å². The number of anilines is 3. The van der Waals surface area contributed by atoms with Gasteiger partial charge < -0.3 is 15.5 Å². The van der Waals surface area contributed by atoms with Gasteiger partial charge in [0, 0.05) is 33.8 Å². The van der Waals surface area contributed by atoms with Gasteiger partial charge in [0.15, 0.2) is 0 Å². The Hall–Kier alpha value is -3.42. The number of sulfonamides is 1. The molecular formula is C33H48N6O5S2. The second-order valence-electron chi connectivity index (χ2n) is 13.5. The molecule has 252 valence electrons. The highest BCUT2D eigenvalue weighted by molar-refractivity contribution is 8.00. The molecule has 11 nitrogen and oxygen atoms in total. The zero-order valence-electron chi connectivity index (χ0n) is 27.4. The summed E-state index contributed by atoms with van der Waals surface area (Å²) in [6.07, 6.45) is 9.59. The van der Waals surface area contributed by atoms with Crippen molar-refractivity contribution in [3.8, 4) is 0 Å². The van der Waals surface area contributed by atoms with Gasteiger partial charge in [-0.25, -0.2) is 13.9 Å². The lowest BCUT2D eigenvalue weighted by atomic mass is 9.79. The fraction of sp³-hybridized carbons (Fsp3) is 0.515. The number of rotatable bonds is 12. The summed E-state index contributed by atoms with van der Waals surface area (Å²) in [7, 11) is -3.89. The first-order valence-corrected chi connectivity index (χ1v) is 18.3. The van der Waals surface area contributed by atoms with Crippen LogP contribution in [-0.4, -0.2) is 48.4 Å². The number of carbonyl (C=O) groups excluding carboxylic acids is 2. The highest BCUT2D eigenvalue weighted by atomic mass is 32.2. The zero-order valence-corrected chi connectivity index (χ0v) is 29.0. The number of piperidine rings is 1. The number of hydrazine groups is 1. The van der Waals surface area contributed by atoms with Crippen molar-refractivity contribution in [1.29, 1.82) is 0 Å². The molecule has 1 heterocycles. The molecule has 1 saturated carbocycles. The SMILES string of the molecule is C/C(=C\ONc1cccc(S(=O)(=O)Nc2ccc(NNC(=O)C(=O)NC3CC(C)(C)NC(C)(C)C3)cc2)c1)CSC1CCCCC1. The third kappa shape index (κ3) is 11.1. The summed E-state index contributed by atoms with van der Waals surface area (Å²) < 4.78 is 28.7. The van der Waals surface area contributed by atoms with Gasteiger partial charge in [0.1, 0.15) is 6.26 Å². The minimum Gasteiger partial charge on any atom is -0.390 e. The van der Waals surface area contributed by atoms with Crippen molar-refractivity contribution in [2.24, 2.45) is 0 Å². The van der Waals surface area contributed by atoms with E-state index in [9.17, 15) is 18.0 Å². The monoisotopic (exact) mass is 672 g/mol. The summed E-state index contributed by atoms with van der Waals surface area (Å²) in [4.78, 5) is 30.5. The average Bonchev–Trinajstić information content (AvgIpc) is 2.98. The van der Waals surface area contributed by atoms with Crippen LogP contribution in [0.5, 0.6) is 0 Å². The van der Waals surface area contributed by atoms with Crippen LogP contribution in [0.1, 0.15) is 79.6 Å². The quantitative estimate of drug-likeness (QED) is 0.0953. The number of amides is 2. The van der Waals surface area contributed by atoms with Gasteiger partial charge in [0.2, 0.25) is 0 Å². The molecule has 2 fully saturated rings. The normalized spacial score (nSPS) is 18.7. The molecule has 0 radical (unpaired) electrons. The number of carbonyl (C=O) groups is 2. The van der Waals surface area contributed by atoms with Crippen molar-refractivity contribution in [3.05, 3.63) is 60.4 Å². The molecule has 13 heteroatoms. The van der Waals surface area contributed by atoms with Gasteiger partial charge in [-0.1, -0.05) is 25.3 Å². The zero-order chi connectivity index (χ0) is 33.4. The molecule has 6 N–H and O–H groups in total. The van der Waals surface area contributed by atoms with Crippen LogP contribution in [0.15, 0.2) is 65.3 Å². The van der Waals surface area contributed by atoms with Gasteiger partial charge in [-0.05, 0) is 108 Å². The van der Waals surface area contributed by atoms with E-state index in [1.54, 1.807) is 42.7 Å². The molecule has 0 atom stereocenters. The van der Waals surface area contributed by atoms with Gasteiger partial charge in [-0.15, -0.1) is 0 Å². The van der Waals surface area contributed by atoms with Crippen LogP contribution in [0.4, 0.5) is 17.1 Å². The maximum Gasteiger partial charge on any atom is 0.327 e. The van der Waals surface area contributed by atoms with Gasteiger partial charge in [0.05, 0.1) is 16.3 Å². The molecule has 0 spiro atoms. The van der Waals surface area contributed by atoms with Crippen LogP contribution in [-0.2, 0) is 24.4 Å². The van der Waals surface area contributed by atoms with E-state index < -0.39 is 21.8 Å². The Morgan fingerprint density at radius 1 is 0.935 bits per heavy atom. The number of benzene rings is 2. The highest BCUT2D eigenvalue weighted by Crippen LogP contribution is 2.30. The Balaban J connectivity index is 1.23. The van der Waals surface area contributed by atoms with E-state index in [2.05, 4.69) is 59.4 Å². The van der Waals surface area contributed by atoms with Gasteiger partial charge in [-0.3, -0.25) is 25.2 Å². The van der Waals surface area contributed by atoms with E-state index in [0.29, 0.717) is 29.9 Å². The van der Waals surface area contributed by atoms with Crippen molar-refractivity contribution in [2.75, 3.05) is 21.4 Å². The first-order valence-electron chi connectivity index (χ1n) is 15.8. The molecule has 0 unspecified atom stereocenters. The number of hydrogen-bond acceptors (Lipinski definition) is 9. The van der Waals surface area contributed by atoms with Gasteiger partial charge >= 0.3 is 11.8 Å². The van der Waals surface area contributed by atoms with E-state index in [1.807, 2.05) is 18.7 Å². The molecule has 1 aliphatic carbocycles. The Kier molecular flexibility index (Phi) is 11.9. The van der Waals surface area contributed by atoms with E-state index >= 15 is 0 Å². The first kappa shape index (κ1) is 35.4. The summed E-state index contributed by atoms with van der Waals surface area (Å²) >= 11 is 1.97. The van der Waals surface area contributed by atoms with E-state index in [4.69, 9.17) is 4.84 Å². The largest absolute Gasteiger partial charge is 0.390 e. The van der Waals surface area contributed by atoms with Crippen molar-refractivity contribution in [2.45, 2.75) is 107 Å². The van der Waals surface area contributed by atoms with Crippen molar-refractivity contribution in [3.63, 3.8) is 0 Å². The van der Waals surface area contributed by atoms with Crippen molar-refractivity contribution >= 4 is 50.7 Å². The molecular weight excluding hydrogens is 625 g/mol. The highest BCUT2D eigenvalue weighted by Gasteiger charge is 2.38. The van der Waals surface area contributed by atoms with E-state index in [0.717, 1.165) is 16.6 Å². The molecule has 1 saturated heterocycles. The minimum absolute atomic E-state index is 0.0654. The van der Waals surface area contributed by atoms with E-state index in [-0.39, 0.29) is 22.0 Å². The smallest absolute Gasteiger partial charge is 0.327 e. The van der Waals surface area contributed by atoms with Crippen LogP contribution in [0.25, 0.3) is 0 Å². The van der Waals surface area contributed by atoms with Gasteiger partial charge in [-0.2, -0.15) is 11.8 Å². The summed E-state index contributed by atoms with van der Waals surface area (Å²) in [6.45, 7) is 10.3. The molecule has 0 bridgehead atoms. The first-order chi connectivity index (χ1) is 21.7. The molecule has 46 heavy (non-hydrogen) atoms. The average molecular weight is 673 g/mol. The second-order valence-corrected chi connectivity index (χ2v) is 16.5. The Bertz CT molecular complexity index is 1470. The molecule has 2 aliphatic rings. The predicted molar refractivity (Wildman–Crippen MR) is 186 cm³/mol. The summed E-state index contributed by atoms with van der Waals surface area (Å²) in [6, 6.07) is 12.5. The number of nitrogens with one attached hydrogen (secondary N) is 6. The Morgan fingerprint density at radius 2 is 1.59 bits per heavy atom. The minimum atomic E-state index is -3.89. The summed E-state index contributed by atoms with van der Waals surface area (Å²) in [5, 5.41) is 7.09. The van der Waals surface area contributed by atoms with E-state index in [1.165, 1.54) is 44.2 Å². The third-order valence-corrected chi connectivity index (χ3v) is 10.8. The molecule has 2 amide bonds. The predicted octanol–water partition coefficient (Wildman–Crippen LogP) is 5.67. The topological polar surface area (TPSA) is 150 Å². The molecule has 0 aromatic heterocycles. The van der Waals surface area contributed by atoms with Crippen LogP contribution >= 0.6 is 11.8 Å². The number of hydrogen-bond donors (Lipinski definition) is 6. The Labute approximate surface area is 277 Å². The third-order valence-electron chi connectivity index (χ3n) is 7.87.